The summed E-state index contributed by atoms with van der Waals surface area (Å²) >= 11 is 0. The summed E-state index contributed by atoms with van der Waals surface area (Å²) in [5, 5.41) is 0. The Bertz CT molecular complexity index is 213. The molecular weight excluding hydrogens is 136 g/mol. The lowest BCUT2D eigenvalue weighted by Gasteiger charge is -2.26. The molecule has 0 N–H and O–H groups in total. The molecule has 0 amide bonds. The number of hydrogen-bond donors (Lipinski definition) is 0. The Balaban J connectivity index is 2.27. The van der Waals surface area contributed by atoms with E-state index < -0.39 is 0 Å². The second kappa shape index (κ2) is 2.72. The zero-order chi connectivity index (χ0) is 7.68. The number of allylic oxidation sites excluding steroid dienone is 2. The van der Waals surface area contributed by atoms with Gasteiger partial charge in [0.1, 0.15) is 6.10 Å². The minimum absolute atomic E-state index is 0.312. The average Bonchev–Trinajstić information content (AvgIpc) is 2.06. The minimum Gasteiger partial charge on any atom is -0.494 e. The molecule has 0 bridgehead atoms. The maximum atomic E-state index is 5.39. The Morgan fingerprint density at radius 3 is 3.27 bits per heavy atom. The van der Waals surface area contributed by atoms with Crippen LogP contribution >= 0.6 is 0 Å². The summed E-state index contributed by atoms with van der Waals surface area (Å²) in [6.07, 6.45) is 10.3. The first-order valence-corrected chi connectivity index (χ1v) is 4.26. The molecule has 2 rings (SSSR count). The molecule has 0 aromatic heterocycles. The summed E-state index contributed by atoms with van der Waals surface area (Å²) in [7, 11) is 0. The smallest absolute Gasteiger partial charge is 0.117 e. The van der Waals surface area contributed by atoms with Crippen LogP contribution in [0.5, 0.6) is 0 Å². The van der Waals surface area contributed by atoms with Crippen molar-refractivity contribution in [2.45, 2.75) is 32.3 Å². The van der Waals surface area contributed by atoms with Gasteiger partial charge >= 0.3 is 0 Å². The fourth-order valence-corrected chi connectivity index (χ4v) is 1.75. The van der Waals surface area contributed by atoms with Crippen LogP contribution in [0.25, 0.3) is 0 Å². The zero-order valence-corrected chi connectivity index (χ0v) is 6.84. The van der Waals surface area contributed by atoms with E-state index in [1.54, 1.807) is 0 Å². The second-order valence-electron chi connectivity index (χ2n) is 3.16. The topological polar surface area (TPSA) is 9.23 Å². The largest absolute Gasteiger partial charge is 0.494 e. The van der Waals surface area contributed by atoms with Crippen LogP contribution < -0.4 is 0 Å². The normalized spacial score (nSPS) is 29.7. The molecule has 1 heteroatoms. The van der Waals surface area contributed by atoms with Crippen molar-refractivity contribution in [3.63, 3.8) is 0 Å². The Hall–Kier alpha value is -0.720. The van der Waals surface area contributed by atoms with Gasteiger partial charge in [0.2, 0.25) is 0 Å². The van der Waals surface area contributed by atoms with E-state index in [1.807, 2.05) is 6.26 Å². The van der Waals surface area contributed by atoms with Gasteiger partial charge < -0.3 is 4.74 Å². The highest BCUT2D eigenvalue weighted by molar-refractivity contribution is 5.37. The van der Waals surface area contributed by atoms with Crippen LogP contribution in [0, 0.1) is 6.42 Å². The molecular formula is C10H13O. The fourth-order valence-electron chi connectivity index (χ4n) is 1.75. The van der Waals surface area contributed by atoms with E-state index in [1.165, 1.54) is 30.4 Å². The van der Waals surface area contributed by atoms with E-state index in [0.717, 1.165) is 0 Å². The first kappa shape index (κ1) is 6.96. The van der Waals surface area contributed by atoms with E-state index in [4.69, 9.17) is 4.74 Å². The summed E-state index contributed by atoms with van der Waals surface area (Å²) in [5.41, 5.74) is 2.90. The number of rotatable bonds is 0. The molecule has 1 nitrogen and oxygen atoms in total. The molecule has 11 heavy (non-hydrogen) atoms. The van der Waals surface area contributed by atoms with Crippen LogP contribution in [0.1, 0.15) is 26.2 Å². The lowest BCUT2D eigenvalue weighted by molar-refractivity contribution is 0.182. The first-order chi connectivity index (χ1) is 5.38. The van der Waals surface area contributed by atoms with E-state index in [-0.39, 0.29) is 0 Å². The molecule has 0 saturated carbocycles. The molecule has 59 valence electrons. The van der Waals surface area contributed by atoms with Crippen molar-refractivity contribution in [1.82, 2.24) is 0 Å². The Morgan fingerprint density at radius 1 is 1.55 bits per heavy atom. The Kier molecular flexibility index (Phi) is 1.72. The quantitative estimate of drug-likeness (QED) is 0.514. The van der Waals surface area contributed by atoms with E-state index in [0.29, 0.717) is 6.10 Å². The maximum Gasteiger partial charge on any atom is 0.117 e. The van der Waals surface area contributed by atoms with Gasteiger partial charge in [0, 0.05) is 0 Å². The third-order valence-electron chi connectivity index (χ3n) is 2.41. The van der Waals surface area contributed by atoms with Crippen LogP contribution in [-0.4, -0.2) is 6.10 Å². The molecule has 1 radical (unpaired) electrons. The van der Waals surface area contributed by atoms with Gasteiger partial charge in [-0.2, -0.15) is 0 Å². The van der Waals surface area contributed by atoms with Crippen molar-refractivity contribution >= 4 is 0 Å². The van der Waals surface area contributed by atoms with Crippen LogP contribution in [0.2, 0.25) is 0 Å². The highest BCUT2D eigenvalue weighted by Gasteiger charge is 2.19. The summed E-state index contributed by atoms with van der Waals surface area (Å²) in [4.78, 5) is 0. The molecule has 0 spiro atoms. The monoisotopic (exact) mass is 149 g/mol. The van der Waals surface area contributed by atoms with E-state index in [9.17, 15) is 0 Å². The van der Waals surface area contributed by atoms with Crippen LogP contribution in [0.4, 0.5) is 0 Å². The van der Waals surface area contributed by atoms with Crippen LogP contribution in [-0.2, 0) is 4.74 Å². The first-order valence-electron chi connectivity index (χ1n) is 4.26. The van der Waals surface area contributed by atoms with Crippen molar-refractivity contribution < 1.29 is 4.74 Å². The van der Waals surface area contributed by atoms with Crippen molar-refractivity contribution in [3.05, 3.63) is 29.9 Å². The molecule has 0 fully saturated rings. The van der Waals surface area contributed by atoms with Crippen LogP contribution in [0.15, 0.2) is 23.5 Å². The molecule has 2 aliphatic rings. The van der Waals surface area contributed by atoms with Gasteiger partial charge in [0.25, 0.3) is 0 Å². The lowest BCUT2D eigenvalue weighted by atomic mass is 9.88. The summed E-state index contributed by atoms with van der Waals surface area (Å²) in [6.45, 7) is 2.12. The molecule has 0 aromatic rings. The van der Waals surface area contributed by atoms with Crippen molar-refractivity contribution in [2.75, 3.05) is 0 Å². The Labute approximate surface area is 67.7 Å². The lowest BCUT2D eigenvalue weighted by Crippen LogP contribution is -2.16. The summed E-state index contributed by atoms with van der Waals surface area (Å²) < 4.78 is 5.39. The van der Waals surface area contributed by atoms with Crippen LogP contribution in [0.3, 0.4) is 0 Å². The number of hydrogen-bond acceptors (Lipinski definition) is 1. The van der Waals surface area contributed by atoms with Crippen molar-refractivity contribution in [2.24, 2.45) is 0 Å². The standard InChI is InChI=1S/C10H13O/c1-8-10-5-3-2-4-9(10)6-7-11-8/h4,6-8H,2-3,5H2,1H3. The van der Waals surface area contributed by atoms with Crippen molar-refractivity contribution in [3.8, 4) is 0 Å². The Morgan fingerprint density at radius 2 is 2.45 bits per heavy atom. The third-order valence-corrected chi connectivity index (χ3v) is 2.41. The van der Waals surface area contributed by atoms with Gasteiger partial charge in [-0.05, 0) is 49.8 Å². The van der Waals surface area contributed by atoms with Crippen molar-refractivity contribution in [1.29, 1.82) is 0 Å². The molecule has 0 aromatic carbocycles. The summed E-state index contributed by atoms with van der Waals surface area (Å²) in [6, 6.07) is 0. The van der Waals surface area contributed by atoms with E-state index in [2.05, 4.69) is 19.4 Å². The zero-order valence-electron chi connectivity index (χ0n) is 6.84. The van der Waals surface area contributed by atoms with Gasteiger partial charge in [-0.1, -0.05) is 0 Å². The SMILES string of the molecule is CC1OC=CC2=C1CCC[CH]2. The third kappa shape index (κ3) is 1.20. The molecule has 1 aliphatic heterocycles. The molecule has 1 aliphatic carbocycles. The molecule has 0 saturated heterocycles. The highest BCUT2D eigenvalue weighted by atomic mass is 16.5. The molecule has 1 heterocycles. The van der Waals surface area contributed by atoms with Gasteiger partial charge in [-0.3, -0.25) is 0 Å². The molecule has 1 unspecified atom stereocenters. The summed E-state index contributed by atoms with van der Waals surface area (Å²) in [5.74, 6) is 0. The molecule has 1 atom stereocenters. The van der Waals surface area contributed by atoms with Gasteiger partial charge in [0.15, 0.2) is 0 Å². The van der Waals surface area contributed by atoms with E-state index >= 15 is 0 Å². The van der Waals surface area contributed by atoms with Gasteiger partial charge in [0.05, 0.1) is 6.26 Å². The van der Waals surface area contributed by atoms with Gasteiger partial charge in [-0.15, -0.1) is 0 Å². The minimum atomic E-state index is 0.312. The fraction of sp³-hybridized carbons (Fsp3) is 0.500. The highest BCUT2D eigenvalue weighted by Crippen LogP contribution is 2.30. The maximum absolute atomic E-state index is 5.39. The average molecular weight is 149 g/mol. The number of ether oxygens (including phenoxy) is 1. The predicted molar refractivity (Wildman–Crippen MR) is 44.9 cm³/mol. The second-order valence-corrected chi connectivity index (χ2v) is 3.16. The van der Waals surface area contributed by atoms with Gasteiger partial charge in [-0.25, -0.2) is 0 Å². The predicted octanol–water partition coefficient (Wildman–Crippen LogP) is 2.60.